The number of hydrogen-bond donors (Lipinski definition) is 0. The Balaban J connectivity index is 2.27. The molecule has 0 aliphatic rings. The van der Waals surface area contributed by atoms with Gasteiger partial charge in [-0.05, 0) is 12.1 Å². The number of hydrogen-bond acceptors (Lipinski definition) is 2. The number of aryl methyl sites for hydroxylation is 1. The largest absolute Gasteiger partial charge is 0.328 e. The molecular formula is C12H11ClN2O2. The van der Waals surface area contributed by atoms with Gasteiger partial charge in [0, 0.05) is 25.0 Å². The van der Waals surface area contributed by atoms with E-state index in [4.69, 9.17) is 11.6 Å². The van der Waals surface area contributed by atoms with Gasteiger partial charge in [-0.15, -0.1) is 0 Å². The van der Waals surface area contributed by atoms with E-state index in [-0.39, 0.29) is 18.0 Å². The van der Waals surface area contributed by atoms with Gasteiger partial charge in [0.25, 0.3) is 0 Å². The smallest absolute Gasteiger partial charge is 0.302 e. The fourth-order valence-corrected chi connectivity index (χ4v) is 1.80. The van der Waals surface area contributed by atoms with Crippen molar-refractivity contribution in [3.63, 3.8) is 0 Å². The lowest BCUT2D eigenvalue weighted by Gasteiger charge is -2.03. The first-order valence-corrected chi connectivity index (χ1v) is 5.47. The fraction of sp³-hybridized carbons (Fsp3) is 0.167. The summed E-state index contributed by atoms with van der Waals surface area (Å²) in [4.78, 5) is 23.5. The molecule has 1 aromatic carbocycles. The van der Waals surface area contributed by atoms with Crippen LogP contribution in [0.15, 0.2) is 41.5 Å². The third-order valence-electron chi connectivity index (χ3n) is 2.51. The minimum Gasteiger partial charge on any atom is -0.302 e. The molecule has 0 aliphatic heterocycles. The van der Waals surface area contributed by atoms with Crippen molar-refractivity contribution in [2.45, 2.75) is 6.54 Å². The highest BCUT2D eigenvalue weighted by Gasteiger charge is 2.11. The summed E-state index contributed by atoms with van der Waals surface area (Å²) in [6, 6.07) is 6.81. The van der Waals surface area contributed by atoms with Crippen LogP contribution in [0.1, 0.15) is 10.4 Å². The zero-order valence-electron chi connectivity index (χ0n) is 9.26. The van der Waals surface area contributed by atoms with Crippen LogP contribution in [0, 0.1) is 0 Å². The minimum atomic E-state index is -0.217. The first-order valence-electron chi connectivity index (χ1n) is 5.09. The molecule has 17 heavy (non-hydrogen) atoms. The lowest BCUT2D eigenvalue weighted by atomic mass is 10.1. The van der Waals surface area contributed by atoms with Gasteiger partial charge in [-0.3, -0.25) is 9.36 Å². The van der Waals surface area contributed by atoms with Crippen molar-refractivity contribution in [3.8, 4) is 0 Å². The van der Waals surface area contributed by atoms with Gasteiger partial charge in [0.15, 0.2) is 5.78 Å². The molecule has 1 heterocycles. The maximum absolute atomic E-state index is 11.9. The average molecular weight is 251 g/mol. The number of rotatable bonds is 3. The first-order chi connectivity index (χ1) is 8.09. The predicted octanol–water partition coefficient (Wildman–Crippen LogP) is 1.72. The molecule has 0 bridgehead atoms. The molecule has 0 saturated carbocycles. The first kappa shape index (κ1) is 11.7. The van der Waals surface area contributed by atoms with Crippen LogP contribution in [-0.2, 0) is 13.6 Å². The summed E-state index contributed by atoms with van der Waals surface area (Å²) in [5.74, 6) is -0.177. The number of Topliss-reactive ketones (excluding diaryl/α,β-unsaturated/α-hetero) is 1. The monoisotopic (exact) mass is 250 g/mol. The topological polar surface area (TPSA) is 44.0 Å². The van der Waals surface area contributed by atoms with E-state index >= 15 is 0 Å². The van der Waals surface area contributed by atoms with E-state index in [0.29, 0.717) is 10.6 Å². The summed E-state index contributed by atoms with van der Waals surface area (Å²) < 4.78 is 2.77. The molecule has 2 aromatic rings. The van der Waals surface area contributed by atoms with Crippen LogP contribution in [0.25, 0.3) is 0 Å². The van der Waals surface area contributed by atoms with E-state index < -0.39 is 0 Å². The molecule has 0 fully saturated rings. The predicted molar refractivity (Wildman–Crippen MR) is 65.5 cm³/mol. The summed E-state index contributed by atoms with van der Waals surface area (Å²) in [5, 5.41) is 0.404. The molecule has 1 aromatic heterocycles. The molecule has 0 atom stereocenters. The van der Waals surface area contributed by atoms with Crippen molar-refractivity contribution in [1.82, 2.24) is 9.13 Å². The van der Waals surface area contributed by atoms with Gasteiger partial charge in [0.05, 0.1) is 11.6 Å². The summed E-state index contributed by atoms with van der Waals surface area (Å²) in [5.41, 5.74) is 0.218. The van der Waals surface area contributed by atoms with Gasteiger partial charge in [-0.1, -0.05) is 23.7 Å². The molecule has 2 rings (SSSR count). The van der Waals surface area contributed by atoms with E-state index in [1.54, 1.807) is 43.7 Å². The summed E-state index contributed by atoms with van der Waals surface area (Å²) >= 11 is 5.92. The second-order valence-corrected chi connectivity index (χ2v) is 4.13. The second-order valence-electron chi connectivity index (χ2n) is 3.72. The number of nitrogens with zero attached hydrogens (tertiary/aromatic N) is 2. The zero-order valence-corrected chi connectivity index (χ0v) is 10.0. The molecule has 0 amide bonds. The van der Waals surface area contributed by atoms with E-state index in [0.717, 1.165) is 0 Å². The van der Waals surface area contributed by atoms with E-state index in [9.17, 15) is 9.59 Å². The van der Waals surface area contributed by atoms with Gasteiger partial charge in [0.2, 0.25) is 0 Å². The van der Waals surface area contributed by atoms with Crippen LogP contribution in [0.4, 0.5) is 0 Å². The third kappa shape index (κ3) is 2.31. The number of carbonyl (C=O) groups excluding carboxylic acids is 1. The quantitative estimate of drug-likeness (QED) is 0.779. The van der Waals surface area contributed by atoms with Crippen LogP contribution in [-0.4, -0.2) is 14.9 Å². The third-order valence-corrected chi connectivity index (χ3v) is 2.84. The Hall–Kier alpha value is -1.81. The number of imidazole rings is 1. The Morgan fingerprint density at radius 2 is 2.00 bits per heavy atom. The number of carbonyl (C=O) groups is 1. The van der Waals surface area contributed by atoms with Crippen LogP contribution in [0.5, 0.6) is 0 Å². The van der Waals surface area contributed by atoms with Crippen LogP contribution in [0.2, 0.25) is 5.02 Å². The van der Waals surface area contributed by atoms with Gasteiger partial charge in [-0.2, -0.15) is 0 Å². The molecule has 0 N–H and O–H groups in total. The molecule has 0 unspecified atom stereocenters. The number of aromatic nitrogens is 2. The van der Waals surface area contributed by atoms with Crippen LogP contribution >= 0.6 is 11.6 Å². The lowest BCUT2D eigenvalue weighted by Crippen LogP contribution is -2.25. The van der Waals surface area contributed by atoms with Crippen molar-refractivity contribution in [2.75, 3.05) is 0 Å². The lowest BCUT2D eigenvalue weighted by molar-refractivity contribution is 0.0971. The van der Waals surface area contributed by atoms with Crippen molar-refractivity contribution >= 4 is 17.4 Å². The molecule has 88 valence electrons. The highest BCUT2D eigenvalue weighted by atomic mass is 35.5. The van der Waals surface area contributed by atoms with Crippen molar-refractivity contribution in [3.05, 3.63) is 57.7 Å². The number of benzene rings is 1. The molecule has 0 spiro atoms. The molecule has 0 radical (unpaired) electrons. The van der Waals surface area contributed by atoms with Gasteiger partial charge in [-0.25, -0.2) is 4.79 Å². The van der Waals surface area contributed by atoms with Gasteiger partial charge in [0.1, 0.15) is 0 Å². The van der Waals surface area contributed by atoms with Crippen LogP contribution < -0.4 is 5.69 Å². The Labute approximate surface area is 103 Å². The SMILES string of the molecule is Cn1ccn(CC(=O)c2ccccc2Cl)c1=O. The van der Waals surface area contributed by atoms with E-state index in [2.05, 4.69) is 0 Å². The van der Waals surface area contributed by atoms with E-state index in [1.807, 2.05) is 0 Å². The van der Waals surface area contributed by atoms with Crippen molar-refractivity contribution < 1.29 is 4.79 Å². The average Bonchev–Trinajstić information content (AvgIpc) is 2.61. The Morgan fingerprint density at radius 1 is 1.29 bits per heavy atom. The molecule has 4 nitrogen and oxygen atoms in total. The Morgan fingerprint density at radius 3 is 2.59 bits per heavy atom. The number of ketones is 1. The highest BCUT2D eigenvalue weighted by molar-refractivity contribution is 6.33. The van der Waals surface area contributed by atoms with Gasteiger partial charge < -0.3 is 4.57 Å². The van der Waals surface area contributed by atoms with Crippen molar-refractivity contribution in [1.29, 1.82) is 0 Å². The standard InChI is InChI=1S/C12H11ClN2O2/c1-14-6-7-15(12(14)17)8-11(16)9-4-2-3-5-10(9)13/h2-7H,8H2,1H3. The summed E-state index contributed by atoms with van der Waals surface area (Å²) in [6.07, 6.45) is 3.19. The Bertz CT molecular complexity index is 613. The minimum absolute atomic E-state index is 0.00338. The Kier molecular flexibility index (Phi) is 3.15. The molecule has 5 heteroatoms. The fourth-order valence-electron chi connectivity index (χ4n) is 1.56. The molecular weight excluding hydrogens is 240 g/mol. The zero-order chi connectivity index (χ0) is 12.4. The summed E-state index contributed by atoms with van der Waals surface area (Å²) in [7, 11) is 1.64. The maximum Gasteiger partial charge on any atom is 0.328 e. The maximum atomic E-state index is 11.9. The van der Waals surface area contributed by atoms with Crippen LogP contribution in [0.3, 0.4) is 0 Å². The molecule has 0 aliphatic carbocycles. The van der Waals surface area contributed by atoms with E-state index in [1.165, 1.54) is 9.13 Å². The normalized spacial score (nSPS) is 10.5. The van der Waals surface area contributed by atoms with Gasteiger partial charge >= 0.3 is 5.69 Å². The second kappa shape index (κ2) is 4.59. The van der Waals surface area contributed by atoms with Crippen molar-refractivity contribution in [2.24, 2.45) is 7.05 Å². The number of halogens is 1. The molecule has 0 saturated heterocycles. The highest BCUT2D eigenvalue weighted by Crippen LogP contribution is 2.15. The summed E-state index contributed by atoms with van der Waals surface area (Å²) in [6.45, 7) is 0.00338.